The first-order chi connectivity index (χ1) is 10.0. The van der Waals surface area contributed by atoms with Gasteiger partial charge in [0.05, 0.1) is 12.4 Å². The summed E-state index contributed by atoms with van der Waals surface area (Å²) in [6.45, 7) is 6.31. The van der Waals surface area contributed by atoms with Crippen molar-refractivity contribution < 1.29 is 4.74 Å². The highest BCUT2D eigenvalue weighted by Gasteiger charge is 2.21. The van der Waals surface area contributed by atoms with Crippen LogP contribution in [0.3, 0.4) is 0 Å². The van der Waals surface area contributed by atoms with Crippen molar-refractivity contribution >= 4 is 11.8 Å². The molecule has 0 aromatic heterocycles. The van der Waals surface area contributed by atoms with Crippen molar-refractivity contribution in [2.45, 2.75) is 37.0 Å². The Morgan fingerprint density at radius 2 is 1.81 bits per heavy atom. The van der Waals surface area contributed by atoms with Gasteiger partial charge in [0.25, 0.3) is 0 Å². The summed E-state index contributed by atoms with van der Waals surface area (Å²) in [5, 5.41) is 0.169. The summed E-state index contributed by atoms with van der Waals surface area (Å²) >= 11 is 1.81. The van der Waals surface area contributed by atoms with Gasteiger partial charge in [0, 0.05) is 16.5 Å². The molecule has 0 aliphatic heterocycles. The molecule has 0 bridgehead atoms. The third-order valence-corrected chi connectivity index (χ3v) is 5.16. The standard InChI is InChI=1S/C18H23NOS/c1-12-9-10-17(13(2)11-12)21-18(14(3)19)15-7-5-6-8-16(15)20-4/h5-11,14,18H,19H2,1-4H3. The predicted octanol–water partition coefficient (Wildman–Crippen LogP) is 4.49. The van der Waals surface area contributed by atoms with Gasteiger partial charge in [0.2, 0.25) is 0 Å². The van der Waals surface area contributed by atoms with Gasteiger partial charge < -0.3 is 10.5 Å². The molecular formula is C18H23NOS. The zero-order valence-corrected chi connectivity index (χ0v) is 13.9. The van der Waals surface area contributed by atoms with Gasteiger partial charge >= 0.3 is 0 Å². The molecule has 3 heteroatoms. The summed E-state index contributed by atoms with van der Waals surface area (Å²) in [7, 11) is 1.71. The molecule has 2 aromatic carbocycles. The summed E-state index contributed by atoms with van der Waals surface area (Å²) in [5.41, 5.74) is 9.97. The van der Waals surface area contributed by atoms with Gasteiger partial charge in [-0.25, -0.2) is 0 Å². The van der Waals surface area contributed by atoms with Gasteiger partial charge in [-0.1, -0.05) is 35.9 Å². The Balaban J connectivity index is 2.36. The van der Waals surface area contributed by atoms with Crippen molar-refractivity contribution in [3.63, 3.8) is 0 Å². The van der Waals surface area contributed by atoms with Crippen LogP contribution >= 0.6 is 11.8 Å². The van der Waals surface area contributed by atoms with Crippen molar-refractivity contribution in [1.29, 1.82) is 0 Å². The third kappa shape index (κ3) is 3.80. The maximum Gasteiger partial charge on any atom is 0.123 e. The number of methoxy groups -OCH3 is 1. The number of para-hydroxylation sites is 1. The number of hydrogen-bond acceptors (Lipinski definition) is 3. The Hall–Kier alpha value is -1.45. The monoisotopic (exact) mass is 301 g/mol. The van der Waals surface area contributed by atoms with E-state index < -0.39 is 0 Å². The fourth-order valence-corrected chi connectivity index (χ4v) is 3.63. The van der Waals surface area contributed by atoms with E-state index in [1.54, 1.807) is 7.11 Å². The topological polar surface area (TPSA) is 35.2 Å². The summed E-state index contributed by atoms with van der Waals surface area (Å²) in [4.78, 5) is 1.27. The zero-order valence-electron chi connectivity index (χ0n) is 13.1. The van der Waals surface area contributed by atoms with E-state index in [0.29, 0.717) is 0 Å². The van der Waals surface area contributed by atoms with Crippen LogP contribution in [0.1, 0.15) is 28.9 Å². The molecule has 21 heavy (non-hydrogen) atoms. The molecule has 2 nitrogen and oxygen atoms in total. The molecule has 0 saturated heterocycles. The Morgan fingerprint density at radius 1 is 1.10 bits per heavy atom. The minimum Gasteiger partial charge on any atom is -0.496 e. The molecule has 112 valence electrons. The molecule has 2 atom stereocenters. The van der Waals surface area contributed by atoms with Gasteiger partial charge in [-0.05, 0) is 38.5 Å². The largest absolute Gasteiger partial charge is 0.496 e. The van der Waals surface area contributed by atoms with Crippen molar-refractivity contribution in [2.24, 2.45) is 5.73 Å². The van der Waals surface area contributed by atoms with E-state index in [1.165, 1.54) is 16.0 Å². The van der Waals surface area contributed by atoms with Gasteiger partial charge in [-0.3, -0.25) is 0 Å². The second kappa shape index (κ2) is 7.01. The number of benzene rings is 2. The fraction of sp³-hybridized carbons (Fsp3) is 0.333. The average molecular weight is 301 g/mol. The van der Waals surface area contributed by atoms with Crippen molar-refractivity contribution in [1.82, 2.24) is 0 Å². The molecule has 0 aliphatic carbocycles. The lowest BCUT2D eigenvalue weighted by molar-refractivity contribution is 0.408. The first-order valence-corrected chi connectivity index (χ1v) is 8.03. The molecule has 0 saturated carbocycles. The second-order valence-electron chi connectivity index (χ2n) is 5.41. The highest BCUT2D eigenvalue weighted by Crippen LogP contribution is 2.42. The number of nitrogens with two attached hydrogens (primary N) is 1. The number of rotatable bonds is 5. The quantitative estimate of drug-likeness (QED) is 0.826. The Kier molecular flexibility index (Phi) is 5.32. The molecule has 2 unspecified atom stereocenters. The van der Waals surface area contributed by atoms with E-state index in [4.69, 9.17) is 10.5 Å². The molecule has 2 N–H and O–H groups in total. The fourth-order valence-electron chi connectivity index (χ4n) is 2.42. The van der Waals surface area contributed by atoms with Gasteiger partial charge in [-0.15, -0.1) is 11.8 Å². The van der Waals surface area contributed by atoms with Crippen LogP contribution < -0.4 is 10.5 Å². The second-order valence-corrected chi connectivity index (χ2v) is 6.59. The predicted molar refractivity (Wildman–Crippen MR) is 91.2 cm³/mol. The van der Waals surface area contributed by atoms with E-state index in [0.717, 1.165) is 11.3 Å². The number of thioether (sulfide) groups is 1. The molecule has 0 radical (unpaired) electrons. The van der Waals surface area contributed by atoms with Crippen molar-refractivity contribution in [3.8, 4) is 5.75 Å². The Bertz CT molecular complexity index is 610. The smallest absolute Gasteiger partial charge is 0.123 e. The van der Waals surface area contributed by atoms with Crippen molar-refractivity contribution in [2.75, 3.05) is 7.11 Å². The maximum absolute atomic E-state index is 6.24. The molecule has 0 fully saturated rings. The van der Waals surface area contributed by atoms with Crippen LogP contribution in [0.2, 0.25) is 0 Å². The van der Waals surface area contributed by atoms with E-state index in [1.807, 2.05) is 36.9 Å². The van der Waals surface area contributed by atoms with Crippen LogP contribution in [0, 0.1) is 13.8 Å². The molecular weight excluding hydrogens is 278 g/mol. The lowest BCUT2D eigenvalue weighted by Gasteiger charge is -2.23. The number of hydrogen-bond donors (Lipinski definition) is 1. The van der Waals surface area contributed by atoms with Crippen LogP contribution in [0.25, 0.3) is 0 Å². The highest BCUT2D eigenvalue weighted by molar-refractivity contribution is 7.99. The lowest BCUT2D eigenvalue weighted by atomic mass is 10.1. The summed E-state index contributed by atoms with van der Waals surface area (Å²) in [6.07, 6.45) is 0. The maximum atomic E-state index is 6.24. The Labute approximate surface area is 131 Å². The van der Waals surface area contributed by atoms with E-state index in [-0.39, 0.29) is 11.3 Å². The van der Waals surface area contributed by atoms with Crippen molar-refractivity contribution in [3.05, 3.63) is 59.2 Å². The molecule has 0 spiro atoms. The minimum atomic E-state index is 0.0343. The van der Waals surface area contributed by atoms with E-state index in [2.05, 4.69) is 38.1 Å². The average Bonchev–Trinajstić information content (AvgIpc) is 2.46. The molecule has 0 aliphatic rings. The molecule has 0 heterocycles. The van der Waals surface area contributed by atoms with Crippen LogP contribution in [0.15, 0.2) is 47.4 Å². The highest BCUT2D eigenvalue weighted by atomic mass is 32.2. The summed E-state index contributed by atoms with van der Waals surface area (Å²) in [5.74, 6) is 0.900. The summed E-state index contributed by atoms with van der Waals surface area (Å²) < 4.78 is 5.49. The first-order valence-electron chi connectivity index (χ1n) is 7.15. The van der Waals surface area contributed by atoms with E-state index >= 15 is 0 Å². The third-order valence-electron chi connectivity index (χ3n) is 3.51. The minimum absolute atomic E-state index is 0.0343. The van der Waals surface area contributed by atoms with Crippen LogP contribution in [0.5, 0.6) is 5.75 Å². The zero-order chi connectivity index (χ0) is 15.4. The van der Waals surface area contributed by atoms with Gasteiger partial charge in [-0.2, -0.15) is 0 Å². The first kappa shape index (κ1) is 15.9. The normalized spacial score (nSPS) is 13.8. The van der Waals surface area contributed by atoms with Gasteiger partial charge in [0.1, 0.15) is 5.75 Å². The molecule has 0 amide bonds. The lowest BCUT2D eigenvalue weighted by Crippen LogP contribution is -2.23. The molecule has 2 rings (SSSR count). The van der Waals surface area contributed by atoms with Crippen LogP contribution in [0.4, 0.5) is 0 Å². The summed E-state index contributed by atoms with van der Waals surface area (Å²) in [6, 6.07) is 14.7. The van der Waals surface area contributed by atoms with Gasteiger partial charge in [0.15, 0.2) is 0 Å². The van der Waals surface area contributed by atoms with Crippen LogP contribution in [-0.2, 0) is 0 Å². The number of ether oxygens (including phenoxy) is 1. The molecule has 2 aromatic rings. The SMILES string of the molecule is COc1ccccc1C(Sc1ccc(C)cc1C)C(C)N. The van der Waals surface area contributed by atoms with E-state index in [9.17, 15) is 0 Å². The van der Waals surface area contributed by atoms with Crippen LogP contribution in [-0.4, -0.2) is 13.2 Å². The Morgan fingerprint density at radius 3 is 2.43 bits per heavy atom. The number of aryl methyl sites for hydroxylation is 2.